The standard InChI is InChI=1S/C26H36N4O2.HI/c1-4-27-25(28-16-13-21-9-8-10-22(19-21)24(31)30(2)3)29-20-26(14-17-32-18-15-26)23-11-6-5-7-12-23;/h5-12,19H,4,13-18,20H2,1-3H3,(H2,27,28,29);1H. The van der Waals surface area contributed by atoms with E-state index in [-0.39, 0.29) is 35.3 Å². The minimum absolute atomic E-state index is 0. The van der Waals surface area contributed by atoms with Gasteiger partial charge in [0.15, 0.2) is 5.96 Å². The molecule has 3 rings (SSSR count). The molecule has 0 atom stereocenters. The van der Waals surface area contributed by atoms with Gasteiger partial charge in [0.25, 0.3) is 5.91 Å². The third kappa shape index (κ3) is 7.71. The number of halogens is 1. The number of rotatable bonds is 8. The molecule has 1 heterocycles. The van der Waals surface area contributed by atoms with Crippen LogP contribution in [-0.2, 0) is 16.6 Å². The van der Waals surface area contributed by atoms with Crippen molar-refractivity contribution in [2.24, 2.45) is 4.99 Å². The lowest BCUT2D eigenvalue weighted by Gasteiger charge is -2.36. The van der Waals surface area contributed by atoms with Crippen molar-refractivity contribution in [3.8, 4) is 0 Å². The Morgan fingerprint density at radius 3 is 2.45 bits per heavy atom. The molecule has 1 saturated heterocycles. The van der Waals surface area contributed by atoms with Gasteiger partial charge >= 0.3 is 0 Å². The molecule has 2 N–H and O–H groups in total. The van der Waals surface area contributed by atoms with Crippen LogP contribution in [0, 0.1) is 0 Å². The molecule has 33 heavy (non-hydrogen) atoms. The molecule has 6 nitrogen and oxygen atoms in total. The first-order chi connectivity index (χ1) is 15.5. The van der Waals surface area contributed by atoms with E-state index in [0.717, 1.165) is 69.2 Å². The fourth-order valence-electron chi connectivity index (χ4n) is 4.11. The topological polar surface area (TPSA) is 66.0 Å². The summed E-state index contributed by atoms with van der Waals surface area (Å²) in [6, 6.07) is 18.5. The summed E-state index contributed by atoms with van der Waals surface area (Å²) in [6.07, 6.45) is 2.77. The minimum Gasteiger partial charge on any atom is -0.381 e. The zero-order chi connectivity index (χ0) is 22.8. The van der Waals surface area contributed by atoms with Crippen molar-refractivity contribution in [3.63, 3.8) is 0 Å². The number of ether oxygens (including phenoxy) is 1. The molecule has 1 amide bonds. The maximum Gasteiger partial charge on any atom is 0.253 e. The Morgan fingerprint density at radius 2 is 1.79 bits per heavy atom. The van der Waals surface area contributed by atoms with Gasteiger partial charge in [-0.05, 0) is 49.4 Å². The molecule has 180 valence electrons. The quantitative estimate of drug-likeness (QED) is 0.291. The second-order valence-electron chi connectivity index (χ2n) is 8.53. The van der Waals surface area contributed by atoms with Crippen LogP contribution in [0.25, 0.3) is 0 Å². The van der Waals surface area contributed by atoms with Gasteiger partial charge in [-0.25, -0.2) is 0 Å². The van der Waals surface area contributed by atoms with Gasteiger partial charge in [0.2, 0.25) is 0 Å². The van der Waals surface area contributed by atoms with Gasteiger partial charge in [0.05, 0.1) is 6.54 Å². The molecule has 1 fully saturated rings. The number of hydrogen-bond acceptors (Lipinski definition) is 3. The van der Waals surface area contributed by atoms with E-state index in [0.29, 0.717) is 0 Å². The summed E-state index contributed by atoms with van der Waals surface area (Å²) in [6.45, 7) is 5.90. The van der Waals surface area contributed by atoms with Crippen LogP contribution in [0.3, 0.4) is 0 Å². The lowest BCUT2D eigenvalue weighted by molar-refractivity contribution is 0.0531. The minimum atomic E-state index is 0. The summed E-state index contributed by atoms with van der Waals surface area (Å²) in [4.78, 5) is 18.8. The molecule has 0 aromatic heterocycles. The third-order valence-electron chi connectivity index (χ3n) is 6.01. The van der Waals surface area contributed by atoms with Crippen LogP contribution in [-0.4, -0.2) is 63.7 Å². The number of hydrogen-bond donors (Lipinski definition) is 2. The number of carbonyl (C=O) groups is 1. The number of amides is 1. The lowest BCUT2D eigenvalue weighted by Crippen LogP contribution is -2.41. The zero-order valence-electron chi connectivity index (χ0n) is 20.0. The number of guanidine groups is 1. The lowest BCUT2D eigenvalue weighted by atomic mass is 9.74. The first-order valence-electron chi connectivity index (χ1n) is 11.5. The Labute approximate surface area is 215 Å². The van der Waals surface area contributed by atoms with Crippen LogP contribution in [0.1, 0.15) is 41.3 Å². The maximum atomic E-state index is 12.2. The van der Waals surface area contributed by atoms with Gasteiger partial charge in [-0.3, -0.25) is 9.79 Å². The van der Waals surface area contributed by atoms with Crippen molar-refractivity contribution < 1.29 is 9.53 Å². The highest BCUT2D eigenvalue weighted by atomic mass is 127. The van der Waals surface area contributed by atoms with E-state index in [9.17, 15) is 4.79 Å². The molecule has 0 unspecified atom stereocenters. The van der Waals surface area contributed by atoms with E-state index in [4.69, 9.17) is 9.73 Å². The molecule has 0 aliphatic carbocycles. The fourth-order valence-corrected chi connectivity index (χ4v) is 4.11. The van der Waals surface area contributed by atoms with E-state index in [1.807, 2.05) is 18.2 Å². The van der Waals surface area contributed by atoms with Crippen molar-refractivity contribution in [3.05, 3.63) is 71.3 Å². The monoisotopic (exact) mass is 564 g/mol. The average molecular weight is 565 g/mol. The second kappa shape index (κ2) is 13.5. The smallest absolute Gasteiger partial charge is 0.253 e. The Bertz CT molecular complexity index is 896. The molecule has 1 aliphatic heterocycles. The molecule has 7 heteroatoms. The van der Waals surface area contributed by atoms with Gasteiger partial charge < -0.3 is 20.3 Å². The van der Waals surface area contributed by atoms with Crippen LogP contribution in [0.15, 0.2) is 59.6 Å². The van der Waals surface area contributed by atoms with E-state index in [1.165, 1.54) is 5.56 Å². The molecule has 0 radical (unpaired) electrons. The predicted octanol–water partition coefficient (Wildman–Crippen LogP) is 3.85. The number of aliphatic imine (C=N–C) groups is 1. The summed E-state index contributed by atoms with van der Waals surface area (Å²) < 4.78 is 5.65. The Kier molecular flexibility index (Phi) is 11.1. The number of benzene rings is 2. The van der Waals surface area contributed by atoms with Crippen LogP contribution in [0.4, 0.5) is 0 Å². The molecule has 0 saturated carbocycles. The van der Waals surface area contributed by atoms with Crippen LogP contribution >= 0.6 is 24.0 Å². The molecule has 0 spiro atoms. The van der Waals surface area contributed by atoms with E-state index >= 15 is 0 Å². The largest absolute Gasteiger partial charge is 0.381 e. The average Bonchev–Trinajstić information content (AvgIpc) is 2.83. The van der Waals surface area contributed by atoms with Gasteiger partial charge in [-0.1, -0.05) is 42.5 Å². The summed E-state index contributed by atoms with van der Waals surface area (Å²) in [5, 5.41) is 6.83. The van der Waals surface area contributed by atoms with Crippen LogP contribution < -0.4 is 10.6 Å². The normalized spacial score (nSPS) is 15.3. The second-order valence-corrected chi connectivity index (χ2v) is 8.53. The summed E-state index contributed by atoms with van der Waals surface area (Å²) in [5.74, 6) is 0.854. The van der Waals surface area contributed by atoms with Crippen LogP contribution in [0.5, 0.6) is 0 Å². The van der Waals surface area contributed by atoms with Crippen molar-refractivity contribution >= 4 is 35.8 Å². The van der Waals surface area contributed by atoms with Gasteiger partial charge in [-0.2, -0.15) is 0 Å². The summed E-state index contributed by atoms with van der Waals surface area (Å²) >= 11 is 0. The molecule has 2 aromatic rings. The molecular weight excluding hydrogens is 527 g/mol. The third-order valence-corrected chi connectivity index (χ3v) is 6.01. The summed E-state index contributed by atoms with van der Waals surface area (Å²) in [7, 11) is 3.55. The van der Waals surface area contributed by atoms with Gasteiger partial charge in [0, 0.05) is 51.4 Å². The first-order valence-corrected chi connectivity index (χ1v) is 11.5. The number of carbonyl (C=O) groups excluding carboxylic acids is 1. The highest BCUT2D eigenvalue weighted by Gasteiger charge is 2.34. The molecule has 0 bridgehead atoms. The van der Waals surface area contributed by atoms with Crippen molar-refractivity contribution in [2.45, 2.75) is 31.6 Å². The van der Waals surface area contributed by atoms with Crippen molar-refractivity contribution in [2.75, 3.05) is 46.9 Å². The van der Waals surface area contributed by atoms with E-state index in [1.54, 1.807) is 19.0 Å². The number of nitrogens with one attached hydrogen (secondary N) is 2. The fraction of sp³-hybridized carbons (Fsp3) is 0.462. The van der Waals surface area contributed by atoms with Crippen LogP contribution in [0.2, 0.25) is 0 Å². The highest BCUT2D eigenvalue weighted by molar-refractivity contribution is 14.0. The molecular formula is C26H37IN4O2. The first kappa shape index (κ1) is 27.1. The molecule has 2 aromatic carbocycles. The predicted molar refractivity (Wildman–Crippen MR) is 146 cm³/mol. The Balaban J connectivity index is 0.00000385. The van der Waals surface area contributed by atoms with E-state index in [2.05, 4.69) is 54.0 Å². The number of nitrogens with zero attached hydrogens (tertiary/aromatic N) is 2. The van der Waals surface area contributed by atoms with E-state index < -0.39 is 0 Å². The SMILES string of the molecule is CCNC(=NCC1(c2ccccc2)CCOCC1)NCCc1cccc(C(=O)N(C)C)c1.I. The summed E-state index contributed by atoms with van der Waals surface area (Å²) in [5.41, 5.74) is 3.21. The Morgan fingerprint density at radius 1 is 1.06 bits per heavy atom. The van der Waals surface area contributed by atoms with Crippen molar-refractivity contribution in [1.82, 2.24) is 15.5 Å². The van der Waals surface area contributed by atoms with Gasteiger partial charge in [0.1, 0.15) is 0 Å². The van der Waals surface area contributed by atoms with Crippen molar-refractivity contribution in [1.29, 1.82) is 0 Å². The zero-order valence-corrected chi connectivity index (χ0v) is 22.3. The van der Waals surface area contributed by atoms with Gasteiger partial charge in [-0.15, -0.1) is 24.0 Å². The highest BCUT2D eigenvalue weighted by Crippen LogP contribution is 2.35. The maximum absolute atomic E-state index is 12.2. The Hall–Kier alpha value is -2.13. The molecule has 1 aliphatic rings.